The molecule has 1 spiro atoms. The third-order valence-electron chi connectivity index (χ3n) is 8.27. The zero-order valence-corrected chi connectivity index (χ0v) is 22.8. The summed E-state index contributed by atoms with van der Waals surface area (Å²) in [5.41, 5.74) is 0.868. The molecule has 0 atom stereocenters. The molecular weight excluding hydrogens is 511 g/mol. The molecule has 1 aliphatic heterocycles. The molecule has 1 aromatic carbocycles. The number of halogens is 1. The number of carboxylic acid groups (broad SMARTS) is 3. The van der Waals surface area contributed by atoms with E-state index in [4.69, 9.17) is 25.2 Å². The van der Waals surface area contributed by atoms with Gasteiger partial charge in [-0.1, -0.05) is 19.8 Å². The molecule has 0 bridgehead atoms. The van der Waals surface area contributed by atoms with Crippen molar-refractivity contribution in [3.63, 3.8) is 0 Å². The Morgan fingerprint density at radius 3 is 2.21 bits per heavy atom. The van der Waals surface area contributed by atoms with Crippen LogP contribution >= 0.6 is 0 Å². The maximum Gasteiger partial charge on any atom is 0.336 e. The molecule has 1 saturated carbocycles. The number of unbranched alkanes of at least 4 members (excludes halogenated alkanes) is 1. The summed E-state index contributed by atoms with van der Waals surface area (Å²) in [6.45, 7) is 3.01. The molecule has 4 rings (SSSR count). The summed E-state index contributed by atoms with van der Waals surface area (Å²) in [6, 6.07) is 5.09. The Bertz CT molecular complexity index is 1180. The molecule has 39 heavy (non-hydrogen) atoms. The van der Waals surface area contributed by atoms with Crippen molar-refractivity contribution in [2.45, 2.75) is 87.9 Å². The Morgan fingerprint density at radius 2 is 1.69 bits per heavy atom. The molecular formula is C28H39FN2O8. The summed E-state index contributed by atoms with van der Waals surface area (Å²) in [7, 11) is 4.46. The van der Waals surface area contributed by atoms with E-state index >= 15 is 0 Å². The Morgan fingerprint density at radius 1 is 1.08 bits per heavy atom. The normalized spacial score (nSPS) is 22.8. The van der Waals surface area contributed by atoms with Gasteiger partial charge in [0.25, 0.3) is 0 Å². The highest BCUT2D eigenvalue weighted by molar-refractivity contribution is 5.88. The fraction of sp³-hybridized carbons (Fsp3) is 0.607. The molecule has 0 radical (unpaired) electrons. The number of hydrogen-bond donors (Lipinski definition) is 5. The van der Waals surface area contributed by atoms with Crippen molar-refractivity contribution in [2.75, 3.05) is 20.7 Å². The number of ether oxygens (including phenoxy) is 1. The van der Waals surface area contributed by atoms with Gasteiger partial charge in [-0.3, -0.25) is 9.59 Å². The standard InChI is InChI=1S/C22H31FN2O.C6H8O7/c1-4-5-9-21(25(2)3)10-12-22(13-11-21)20-17(8-14-26-22)18-15-16(23)6-7-19(18)24-20;7-3(8)1-6(13,5(11)12)2-4(9)10/h6-7,15,24H,4-5,8-14H2,1-3H3;13H,1-2H2,(H,7,8)(H,9,10)(H,11,12). The van der Waals surface area contributed by atoms with Crippen LogP contribution in [0.5, 0.6) is 0 Å². The number of H-pyrrole nitrogens is 1. The van der Waals surface area contributed by atoms with Crippen molar-refractivity contribution in [3.8, 4) is 0 Å². The lowest BCUT2D eigenvalue weighted by Crippen LogP contribution is -2.52. The molecule has 5 N–H and O–H groups in total. The fourth-order valence-electron chi connectivity index (χ4n) is 5.94. The van der Waals surface area contributed by atoms with Gasteiger partial charge in [0.05, 0.1) is 25.1 Å². The average Bonchev–Trinajstić information content (AvgIpc) is 3.22. The zero-order valence-electron chi connectivity index (χ0n) is 22.8. The minimum atomic E-state index is -2.74. The Hall–Kier alpha value is -3.02. The molecule has 216 valence electrons. The summed E-state index contributed by atoms with van der Waals surface area (Å²) in [6.07, 6.45) is 6.76. The predicted octanol–water partition coefficient (Wildman–Crippen LogP) is 3.89. The van der Waals surface area contributed by atoms with Crippen LogP contribution in [0.4, 0.5) is 4.39 Å². The van der Waals surface area contributed by atoms with Gasteiger partial charge < -0.3 is 35.0 Å². The van der Waals surface area contributed by atoms with Crippen LogP contribution < -0.4 is 0 Å². The first kappa shape index (κ1) is 30.5. The van der Waals surface area contributed by atoms with Gasteiger partial charge in [-0.15, -0.1) is 0 Å². The van der Waals surface area contributed by atoms with Crippen LogP contribution in [-0.4, -0.2) is 80.1 Å². The molecule has 0 saturated heterocycles. The van der Waals surface area contributed by atoms with Crippen molar-refractivity contribution in [1.29, 1.82) is 0 Å². The van der Waals surface area contributed by atoms with Crippen molar-refractivity contribution >= 4 is 28.8 Å². The quantitative estimate of drug-likeness (QED) is 0.312. The number of carboxylic acids is 3. The predicted molar refractivity (Wildman–Crippen MR) is 141 cm³/mol. The summed E-state index contributed by atoms with van der Waals surface area (Å²) in [5, 5.41) is 34.9. The number of nitrogens with zero attached hydrogens (tertiary/aromatic N) is 1. The van der Waals surface area contributed by atoms with E-state index in [2.05, 4.69) is 30.9 Å². The maximum atomic E-state index is 13.8. The molecule has 10 nitrogen and oxygen atoms in total. The highest BCUT2D eigenvalue weighted by atomic mass is 19.1. The topological polar surface area (TPSA) is 160 Å². The number of aliphatic carboxylic acids is 3. The van der Waals surface area contributed by atoms with Crippen molar-refractivity contribution in [1.82, 2.24) is 9.88 Å². The average molecular weight is 551 g/mol. The first-order valence-corrected chi connectivity index (χ1v) is 13.3. The second kappa shape index (κ2) is 12.0. The minimum Gasteiger partial charge on any atom is -0.481 e. The molecule has 11 heteroatoms. The number of rotatable bonds is 9. The van der Waals surface area contributed by atoms with Crippen LogP contribution in [-0.2, 0) is 31.1 Å². The Balaban J connectivity index is 0.000000276. The van der Waals surface area contributed by atoms with Gasteiger partial charge >= 0.3 is 17.9 Å². The number of hydrogen-bond acceptors (Lipinski definition) is 6. The first-order chi connectivity index (χ1) is 18.3. The minimum absolute atomic E-state index is 0.158. The second-order valence-corrected chi connectivity index (χ2v) is 11.0. The lowest BCUT2D eigenvalue weighted by Gasteiger charge is -2.50. The molecule has 2 aliphatic rings. The molecule has 0 amide bonds. The van der Waals surface area contributed by atoms with E-state index in [-0.39, 0.29) is 11.4 Å². The van der Waals surface area contributed by atoms with Crippen LogP contribution in [0.15, 0.2) is 18.2 Å². The van der Waals surface area contributed by atoms with E-state index in [9.17, 15) is 18.8 Å². The van der Waals surface area contributed by atoms with Crippen LogP contribution in [0.2, 0.25) is 0 Å². The zero-order chi connectivity index (χ0) is 29.0. The number of benzene rings is 1. The first-order valence-electron chi connectivity index (χ1n) is 13.3. The number of aromatic amines is 1. The summed E-state index contributed by atoms with van der Waals surface area (Å²) < 4.78 is 20.2. The van der Waals surface area contributed by atoms with Gasteiger partial charge in [0, 0.05) is 16.4 Å². The van der Waals surface area contributed by atoms with Gasteiger partial charge in [-0.05, 0) is 76.4 Å². The van der Waals surface area contributed by atoms with E-state index in [1.54, 1.807) is 12.1 Å². The van der Waals surface area contributed by atoms with E-state index in [0.717, 1.165) is 49.6 Å². The molecule has 1 aromatic heterocycles. The lowest BCUT2D eigenvalue weighted by molar-refractivity contribution is -0.170. The summed E-state index contributed by atoms with van der Waals surface area (Å²) >= 11 is 0. The fourth-order valence-corrected chi connectivity index (χ4v) is 5.94. The van der Waals surface area contributed by atoms with Crippen LogP contribution in [0.25, 0.3) is 10.9 Å². The smallest absolute Gasteiger partial charge is 0.336 e. The van der Waals surface area contributed by atoms with Crippen LogP contribution in [0.1, 0.15) is 76.0 Å². The van der Waals surface area contributed by atoms with E-state index in [1.807, 2.05) is 6.07 Å². The Labute approximate surface area is 226 Å². The monoisotopic (exact) mass is 550 g/mol. The maximum absolute atomic E-state index is 13.8. The summed E-state index contributed by atoms with van der Waals surface area (Å²) in [5.74, 6) is -5.18. The number of aliphatic hydroxyl groups is 1. The van der Waals surface area contributed by atoms with Gasteiger partial charge in [0.2, 0.25) is 0 Å². The largest absolute Gasteiger partial charge is 0.481 e. The van der Waals surface area contributed by atoms with Crippen molar-refractivity contribution < 1.29 is 43.9 Å². The van der Waals surface area contributed by atoms with Crippen molar-refractivity contribution in [3.05, 3.63) is 35.3 Å². The lowest BCUT2D eigenvalue weighted by atomic mass is 9.69. The van der Waals surface area contributed by atoms with E-state index in [0.29, 0.717) is 5.54 Å². The highest BCUT2D eigenvalue weighted by Gasteiger charge is 2.48. The highest BCUT2D eigenvalue weighted by Crippen LogP contribution is 2.50. The van der Waals surface area contributed by atoms with Crippen LogP contribution in [0, 0.1) is 5.82 Å². The van der Waals surface area contributed by atoms with Crippen molar-refractivity contribution in [2.24, 2.45) is 0 Å². The number of fused-ring (bicyclic) bond motifs is 4. The van der Waals surface area contributed by atoms with E-state index in [1.165, 1.54) is 30.5 Å². The molecule has 0 unspecified atom stereocenters. The van der Waals surface area contributed by atoms with Gasteiger partial charge in [-0.2, -0.15) is 0 Å². The molecule has 1 aliphatic carbocycles. The number of aromatic nitrogens is 1. The number of carbonyl (C=O) groups is 3. The molecule has 2 aromatic rings. The second-order valence-electron chi connectivity index (χ2n) is 11.0. The summed E-state index contributed by atoms with van der Waals surface area (Å²) in [4.78, 5) is 36.5. The third kappa shape index (κ3) is 6.59. The van der Waals surface area contributed by atoms with Gasteiger partial charge in [0.1, 0.15) is 11.4 Å². The number of nitrogens with one attached hydrogen (secondary N) is 1. The molecule has 2 heterocycles. The third-order valence-corrected chi connectivity index (χ3v) is 8.27. The van der Waals surface area contributed by atoms with Crippen LogP contribution in [0.3, 0.4) is 0 Å². The van der Waals surface area contributed by atoms with E-state index < -0.39 is 36.4 Å². The Kier molecular flexibility index (Phi) is 9.40. The van der Waals surface area contributed by atoms with Gasteiger partial charge in [-0.25, -0.2) is 9.18 Å². The molecule has 1 fully saturated rings. The SMILES string of the molecule is CCCCC1(N(C)C)CCC2(CC1)OCCc1c2[nH]c2ccc(F)cc12.O=C(O)CC(O)(CC(=O)O)C(=O)O. The van der Waals surface area contributed by atoms with Gasteiger partial charge in [0.15, 0.2) is 5.60 Å².